The average molecular weight is 714 g/mol. The highest BCUT2D eigenvalue weighted by atomic mass is 32.1. The predicted octanol–water partition coefficient (Wildman–Crippen LogP) is 5.50. The molecule has 51 heavy (non-hydrogen) atoms. The van der Waals surface area contributed by atoms with Gasteiger partial charge < -0.3 is 35.8 Å². The van der Waals surface area contributed by atoms with Crippen molar-refractivity contribution in [1.29, 1.82) is 0 Å². The Balaban J connectivity index is 1.52. The first-order valence-corrected chi connectivity index (χ1v) is 17.9. The summed E-state index contributed by atoms with van der Waals surface area (Å²) in [4.78, 5) is 49.2. The molecule has 4 aromatic rings. The number of hydrogen-bond acceptors (Lipinski definition) is 8. The van der Waals surface area contributed by atoms with Crippen molar-refractivity contribution >= 4 is 40.6 Å². The van der Waals surface area contributed by atoms with E-state index in [9.17, 15) is 19.5 Å². The van der Waals surface area contributed by atoms with Gasteiger partial charge in [0.15, 0.2) is 0 Å². The van der Waals surface area contributed by atoms with Crippen LogP contribution >= 0.6 is 11.3 Å². The van der Waals surface area contributed by atoms with Crippen molar-refractivity contribution in [2.45, 2.75) is 58.3 Å². The van der Waals surface area contributed by atoms with Crippen LogP contribution in [0.25, 0.3) is 0 Å². The number of hydrogen-bond donors (Lipinski definition) is 4. The van der Waals surface area contributed by atoms with E-state index in [1.54, 1.807) is 44.2 Å². The van der Waals surface area contributed by atoms with Crippen molar-refractivity contribution in [3.63, 3.8) is 0 Å². The van der Waals surface area contributed by atoms with E-state index in [0.717, 1.165) is 27.4 Å². The fourth-order valence-electron chi connectivity index (χ4n) is 5.47. The zero-order valence-corrected chi connectivity index (χ0v) is 31.7. The van der Waals surface area contributed by atoms with Crippen molar-refractivity contribution in [2.75, 3.05) is 52.0 Å². The molecule has 3 aromatic carbocycles. The van der Waals surface area contributed by atoms with Crippen LogP contribution in [0.1, 0.15) is 67.9 Å². The number of amides is 4. The van der Waals surface area contributed by atoms with Crippen molar-refractivity contribution in [3.8, 4) is 0 Å². The molecule has 4 rings (SSSR count). The lowest BCUT2D eigenvalue weighted by Gasteiger charge is -2.26. The molecule has 0 fully saturated rings. The largest absolute Gasteiger partial charge is 0.390 e. The number of aliphatic hydroxyl groups excluding tert-OH is 1. The molecule has 0 aliphatic carbocycles. The van der Waals surface area contributed by atoms with Gasteiger partial charge in [-0.05, 0) is 66.3 Å². The molecular formula is C39H51N7O4S. The van der Waals surface area contributed by atoms with E-state index in [2.05, 4.69) is 40.8 Å². The first kappa shape index (κ1) is 39.0. The van der Waals surface area contributed by atoms with E-state index in [0.29, 0.717) is 42.0 Å². The molecule has 1 heterocycles. The molecule has 0 spiro atoms. The fraction of sp³-hybridized carbons (Fsp3) is 0.385. The standard InChI is InChI=1S/C39H51N7O4S/c1-25(2)29-14-28(15-32(18-29)42-39(50)45(6)7)21-40-22-35(47)34(16-27-12-10-9-11-13-27)43-37(48)30-17-31(20-33(19-30)44(4)5)38(49)46(8)23-36-41-26(3)24-51-36/h9-15,17-20,24-25,34-35,40,47H,16,21-23H2,1-8H3,(H,42,50)(H,43,48)/t34-,35+/m0/s1. The summed E-state index contributed by atoms with van der Waals surface area (Å²) in [6.07, 6.45) is -0.546. The van der Waals surface area contributed by atoms with Crippen molar-refractivity contribution in [2.24, 2.45) is 0 Å². The van der Waals surface area contributed by atoms with E-state index in [1.807, 2.05) is 73.8 Å². The van der Waals surface area contributed by atoms with E-state index in [1.165, 1.54) is 16.2 Å². The number of thiazole rings is 1. The van der Waals surface area contributed by atoms with Crippen LogP contribution in [-0.2, 0) is 19.5 Å². The van der Waals surface area contributed by atoms with Crippen LogP contribution < -0.4 is 20.9 Å². The van der Waals surface area contributed by atoms with Gasteiger partial charge in [0.25, 0.3) is 11.8 Å². The Labute approximate surface area is 305 Å². The van der Waals surface area contributed by atoms with Crippen LogP contribution in [0.4, 0.5) is 16.2 Å². The molecule has 4 amide bonds. The van der Waals surface area contributed by atoms with Crippen LogP contribution in [-0.4, -0.2) is 91.7 Å². The SMILES string of the molecule is Cc1csc(CN(C)C(=O)c2cc(C(=O)N[C@@H](Cc3ccccc3)[C@H](O)CNCc3cc(NC(=O)N(C)C)cc(C(C)C)c3)cc(N(C)C)c2)n1. The van der Waals surface area contributed by atoms with Crippen LogP contribution in [0.5, 0.6) is 0 Å². The third kappa shape index (κ3) is 11.4. The second-order valence-corrected chi connectivity index (χ2v) is 14.6. The second kappa shape index (κ2) is 17.9. The lowest BCUT2D eigenvalue weighted by molar-refractivity contribution is 0.0784. The van der Waals surface area contributed by atoms with Gasteiger partial charge in [-0.15, -0.1) is 11.3 Å². The molecule has 0 saturated heterocycles. The minimum Gasteiger partial charge on any atom is -0.390 e. The number of nitrogens with zero attached hydrogens (tertiary/aromatic N) is 4. The molecule has 11 nitrogen and oxygen atoms in total. The minimum atomic E-state index is -0.943. The number of nitrogens with one attached hydrogen (secondary N) is 3. The number of anilines is 2. The summed E-state index contributed by atoms with van der Waals surface area (Å²) in [5.41, 5.74) is 6.02. The summed E-state index contributed by atoms with van der Waals surface area (Å²) in [5.74, 6) is -0.367. The van der Waals surface area contributed by atoms with E-state index in [-0.39, 0.29) is 24.4 Å². The molecule has 4 N–H and O–H groups in total. The molecule has 0 bridgehead atoms. The highest BCUT2D eigenvalue weighted by Gasteiger charge is 2.24. The van der Waals surface area contributed by atoms with Crippen molar-refractivity contribution < 1.29 is 19.5 Å². The number of aromatic nitrogens is 1. The highest BCUT2D eigenvalue weighted by Crippen LogP contribution is 2.23. The number of rotatable bonds is 15. The third-order valence-corrected chi connectivity index (χ3v) is 9.38. The molecule has 272 valence electrons. The molecule has 0 unspecified atom stereocenters. The number of carbonyl (C=O) groups is 3. The molecule has 2 atom stereocenters. The fourth-order valence-corrected chi connectivity index (χ4v) is 6.29. The van der Waals surface area contributed by atoms with E-state index in [4.69, 9.17) is 0 Å². The second-order valence-electron chi connectivity index (χ2n) is 13.6. The Kier molecular flexibility index (Phi) is 13.7. The highest BCUT2D eigenvalue weighted by molar-refractivity contribution is 7.09. The van der Waals surface area contributed by atoms with E-state index < -0.39 is 18.1 Å². The summed E-state index contributed by atoms with van der Waals surface area (Å²) in [5, 5.41) is 23.6. The number of aryl methyl sites for hydroxylation is 1. The maximum atomic E-state index is 13.9. The smallest absolute Gasteiger partial charge is 0.321 e. The zero-order valence-electron chi connectivity index (χ0n) is 30.9. The molecule has 0 aliphatic heterocycles. The van der Waals surface area contributed by atoms with Crippen molar-refractivity contribution in [3.05, 3.63) is 111 Å². The molecule has 12 heteroatoms. The van der Waals surface area contributed by atoms with Gasteiger partial charge in [0.1, 0.15) is 5.01 Å². The minimum absolute atomic E-state index is 0.200. The first-order chi connectivity index (χ1) is 24.2. The summed E-state index contributed by atoms with van der Waals surface area (Å²) in [7, 11) is 8.82. The first-order valence-electron chi connectivity index (χ1n) is 17.0. The molecule has 0 radical (unpaired) electrons. The topological polar surface area (TPSA) is 130 Å². The van der Waals surface area contributed by atoms with Gasteiger partial charge >= 0.3 is 6.03 Å². The van der Waals surface area contributed by atoms with Gasteiger partial charge in [-0.25, -0.2) is 9.78 Å². The van der Waals surface area contributed by atoms with Crippen LogP contribution in [0.15, 0.2) is 72.1 Å². The lowest BCUT2D eigenvalue weighted by Crippen LogP contribution is -2.48. The number of carbonyl (C=O) groups excluding carboxylic acids is 3. The maximum Gasteiger partial charge on any atom is 0.321 e. The number of benzene rings is 3. The molecule has 1 aromatic heterocycles. The Bertz CT molecular complexity index is 1790. The summed E-state index contributed by atoms with van der Waals surface area (Å²) < 4.78 is 0. The van der Waals surface area contributed by atoms with Gasteiger partial charge in [0, 0.05) is 81.9 Å². The lowest BCUT2D eigenvalue weighted by atomic mass is 9.99. The normalized spacial score (nSPS) is 12.3. The number of aliphatic hydroxyl groups is 1. The average Bonchev–Trinajstić information content (AvgIpc) is 3.51. The quantitative estimate of drug-likeness (QED) is 0.128. The monoisotopic (exact) mass is 713 g/mol. The Morgan fingerprint density at radius 2 is 1.61 bits per heavy atom. The van der Waals surface area contributed by atoms with Gasteiger partial charge in [-0.3, -0.25) is 9.59 Å². The number of urea groups is 1. The van der Waals surface area contributed by atoms with Gasteiger partial charge in [0.05, 0.1) is 18.7 Å². The van der Waals surface area contributed by atoms with Crippen LogP contribution in [0.2, 0.25) is 0 Å². The molecular weight excluding hydrogens is 663 g/mol. The summed E-state index contributed by atoms with van der Waals surface area (Å²) >= 11 is 1.50. The van der Waals surface area contributed by atoms with E-state index >= 15 is 0 Å². The van der Waals surface area contributed by atoms with Crippen LogP contribution in [0.3, 0.4) is 0 Å². The Hall–Kier alpha value is -4.78. The predicted molar refractivity (Wildman–Crippen MR) is 206 cm³/mol. The Morgan fingerprint density at radius 3 is 2.24 bits per heavy atom. The van der Waals surface area contributed by atoms with Gasteiger partial charge in [0.2, 0.25) is 0 Å². The van der Waals surface area contributed by atoms with Gasteiger partial charge in [-0.2, -0.15) is 0 Å². The maximum absolute atomic E-state index is 13.9. The van der Waals surface area contributed by atoms with Crippen molar-refractivity contribution in [1.82, 2.24) is 25.4 Å². The summed E-state index contributed by atoms with van der Waals surface area (Å²) in [6, 6.07) is 19.9. The van der Waals surface area contributed by atoms with Crippen LogP contribution in [0, 0.1) is 6.92 Å². The molecule has 0 aliphatic rings. The third-order valence-electron chi connectivity index (χ3n) is 8.43. The van der Waals surface area contributed by atoms with Gasteiger partial charge in [-0.1, -0.05) is 50.2 Å². The zero-order chi connectivity index (χ0) is 37.2. The molecule has 0 saturated carbocycles. The summed E-state index contributed by atoms with van der Waals surface area (Å²) in [6.45, 7) is 7.11. The Morgan fingerprint density at radius 1 is 0.902 bits per heavy atom.